The van der Waals surface area contributed by atoms with Gasteiger partial charge < -0.3 is 20.7 Å². The first-order chi connectivity index (χ1) is 10.1. The minimum atomic E-state index is 0.346. The quantitative estimate of drug-likeness (QED) is 0.843. The molecule has 0 aromatic heterocycles. The van der Waals surface area contributed by atoms with Crippen LogP contribution in [0.1, 0.15) is 37.3 Å². The summed E-state index contributed by atoms with van der Waals surface area (Å²) in [5.74, 6) is 0.916. The van der Waals surface area contributed by atoms with E-state index >= 15 is 0 Å². The van der Waals surface area contributed by atoms with Gasteiger partial charge in [-0.05, 0) is 51.1 Å². The molecule has 1 aliphatic carbocycles. The van der Waals surface area contributed by atoms with Crippen LogP contribution >= 0.6 is 0 Å². The van der Waals surface area contributed by atoms with Gasteiger partial charge in [0.1, 0.15) is 5.75 Å². The Morgan fingerprint density at radius 2 is 2.19 bits per heavy atom. The summed E-state index contributed by atoms with van der Waals surface area (Å²) in [6.45, 7) is 0.942. The number of nitrogens with zero attached hydrogens (tertiary/aromatic N) is 1. The predicted octanol–water partition coefficient (Wildman–Crippen LogP) is 2.16. The number of hydrogen-bond donors (Lipinski definition) is 2. The fourth-order valence-corrected chi connectivity index (χ4v) is 3.14. The summed E-state index contributed by atoms with van der Waals surface area (Å²) >= 11 is 0. The van der Waals surface area contributed by atoms with E-state index in [-0.39, 0.29) is 0 Å². The summed E-state index contributed by atoms with van der Waals surface area (Å²) in [7, 11) is 5.96. The van der Waals surface area contributed by atoms with Crippen LogP contribution in [0.4, 0.5) is 0 Å². The van der Waals surface area contributed by atoms with Crippen molar-refractivity contribution >= 4 is 0 Å². The van der Waals surface area contributed by atoms with Gasteiger partial charge in [0, 0.05) is 24.7 Å². The minimum Gasteiger partial charge on any atom is -0.497 e. The average Bonchev–Trinajstić information content (AvgIpc) is 2.47. The Bertz CT molecular complexity index is 436. The molecule has 1 aliphatic rings. The van der Waals surface area contributed by atoms with Crippen LogP contribution in [0.25, 0.3) is 0 Å². The van der Waals surface area contributed by atoms with Gasteiger partial charge in [0.2, 0.25) is 0 Å². The molecule has 3 atom stereocenters. The summed E-state index contributed by atoms with van der Waals surface area (Å²) in [4.78, 5) is 2.25. The number of likely N-dealkylation sites (N-methyl/N-ethyl adjacent to an activating group) is 1. The van der Waals surface area contributed by atoms with Crippen LogP contribution in [0.15, 0.2) is 24.3 Å². The Kier molecular flexibility index (Phi) is 6.03. The molecule has 3 unspecified atom stereocenters. The summed E-state index contributed by atoms with van der Waals surface area (Å²) in [6, 6.07) is 9.61. The lowest BCUT2D eigenvalue weighted by atomic mass is 9.91. The topological polar surface area (TPSA) is 50.5 Å². The third kappa shape index (κ3) is 4.70. The van der Waals surface area contributed by atoms with E-state index < -0.39 is 0 Å². The molecule has 0 heterocycles. The molecular weight excluding hydrogens is 262 g/mol. The van der Waals surface area contributed by atoms with Crippen molar-refractivity contribution in [2.45, 2.75) is 43.8 Å². The largest absolute Gasteiger partial charge is 0.497 e. The van der Waals surface area contributed by atoms with Crippen molar-refractivity contribution in [1.82, 2.24) is 10.2 Å². The maximum Gasteiger partial charge on any atom is 0.119 e. The Balaban J connectivity index is 1.98. The van der Waals surface area contributed by atoms with Gasteiger partial charge in [0.25, 0.3) is 0 Å². The molecule has 118 valence electrons. The Morgan fingerprint density at radius 3 is 2.86 bits per heavy atom. The van der Waals surface area contributed by atoms with Crippen molar-refractivity contribution in [2.24, 2.45) is 5.73 Å². The number of benzene rings is 1. The van der Waals surface area contributed by atoms with Crippen LogP contribution < -0.4 is 15.8 Å². The SMILES string of the molecule is COc1cccc(C(CNC2CCCC(N)C2)N(C)C)c1. The van der Waals surface area contributed by atoms with Crippen molar-refractivity contribution in [3.63, 3.8) is 0 Å². The molecule has 2 rings (SSSR count). The second-order valence-corrected chi connectivity index (χ2v) is 6.29. The lowest BCUT2D eigenvalue weighted by Gasteiger charge is -2.31. The lowest BCUT2D eigenvalue weighted by molar-refractivity contribution is 0.259. The normalized spacial score (nSPS) is 24.0. The number of hydrogen-bond acceptors (Lipinski definition) is 4. The molecule has 0 saturated heterocycles. The molecule has 0 amide bonds. The van der Waals surface area contributed by atoms with Crippen molar-refractivity contribution in [3.05, 3.63) is 29.8 Å². The van der Waals surface area contributed by atoms with Crippen LogP contribution in [0, 0.1) is 0 Å². The molecule has 1 aromatic rings. The first kappa shape index (κ1) is 16.3. The van der Waals surface area contributed by atoms with Crippen LogP contribution in [-0.2, 0) is 0 Å². The van der Waals surface area contributed by atoms with E-state index in [2.05, 4.69) is 42.5 Å². The molecule has 4 heteroatoms. The van der Waals surface area contributed by atoms with E-state index in [0.717, 1.165) is 18.7 Å². The van der Waals surface area contributed by atoms with E-state index in [4.69, 9.17) is 10.5 Å². The standard InChI is InChI=1S/C17H29N3O/c1-20(2)17(13-6-4-9-16(10-13)21-3)12-19-15-8-5-7-14(18)11-15/h4,6,9-10,14-15,17,19H,5,7-8,11-12,18H2,1-3H3. The van der Waals surface area contributed by atoms with E-state index in [1.807, 2.05) is 6.07 Å². The van der Waals surface area contributed by atoms with E-state index in [1.165, 1.54) is 24.8 Å². The summed E-state index contributed by atoms with van der Waals surface area (Å²) in [6.07, 6.45) is 4.75. The molecule has 1 fully saturated rings. The highest BCUT2D eigenvalue weighted by Crippen LogP contribution is 2.23. The van der Waals surface area contributed by atoms with Gasteiger partial charge in [-0.3, -0.25) is 0 Å². The monoisotopic (exact) mass is 291 g/mol. The first-order valence-corrected chi connectivity index (χ1v) is 7.89. The molecule has 1 aromatic carbocycles. The summed E-state index contributed by atoms with van der Waals surface area (Å²) in [5, 5.41) is 3.71. The third-order valence-electron chi connectivity index (χ3n) is 4.42. The molecule has 3 N–H and O–H groups in total. The smallest absolute Gasteiger partial charge is 0.119 e. The average molecular weight is 291 g/mol. The molecule has 1 saturated carbocycles. The van der Waals surface area contributed by atoms with Crippen molar-refractivity contribution in [3.8, 4) is 5.75 Å². The number of ether oxygens (including phenoxy) is 1. The van der Waals surface area contributed by atoms with Gasteiger partial charge in [0.15, 0.2) is 0 Å². The van der Waals surface area contributed by atoms with Gasteiger partial charge in [-0.15, -0.1) is 0 Å². The Labute approximate surface area is 128 Å². The van der Waals surface area contributed by atoms with Crippen molar-refractivity contribution in [2.75, 3.05) is 27.7 Å². The minimum absolute atomic E-state index is 0.346. The fraction of sp³-hybridized carbons (Fsp3) is 0.647. The molecule has 0 aliphatic heterocycles. The van der Waals surface area contributed by atoms with E-state index in [1.54, 1.807) is 7.11 Å². The number of methoxy groups -OCH3 is 1. The van der Waals surface area contributed by atoms with Crippen LogP contribution in [0.2, 0.25) is 0 Å². The van der Waals surface area contributed by atoms with Crippen molar-refractivity contribution in [1.29, 1.82) is 0 Å². The van der Waals surface area contributed by atoms with Crippen LogP contribution in [-0.4, -0.2) is 44.7 Å². The summed E-state index contributed by atoms with van der Waals surface area (Å²) < 4.78 is 5.34. The number of nitrogens with two attached hydrogens (primary N) is 1. The lowest BCUT2D eigenvalue weighted by Crippen LogP contribution is -2.42. The highest BCUT2D eigenvalue weighted by molar-refractivity contribution is 5.30. The molecule has 0 spiro atoms. The zero-order valence-corrected chi connectivity index (χ0v) is 13.5. The van der Waals surface area contributed by atoms with Crippen LogP contribution in [0.5, 0.6) is 5.75 Å². The van der Waals surface area contributed by atoms with Crippen LogP contribution in [0.3, 0.4) is 0 Å². The molecule has 21 heavy (non-hydrogen) atoms. The number of rotatable bonds is 6. The van der Waals surface area contributed by atoms with Gasteiger partial charge in [-0.1, -0.05) is 18.6 Å². The van der Waals surface area contributed by atoms with Gasteiger partial charge in [0.05, 0.1) is 7.11 Å². The Hall–Kier alpha value is -1.10. The molecular formula is C17H29N3O. The summed E-state index contributed by atoms with van der Waals surface area (Å²) in [5.41, 5.74) is 7.36. The first-order valence-electron chi connectivity index (χ1n) is 7.89. The maximum absolute atomic E-state index is 6.07. The molecule has 4 nitrogen and oxygen atoms in total. The Morgan fingerprint density at radius 1 is 1.38 bits per heavy atom. The number of nitrogens with one attached hydrogen (secondary N) is 1. The zero-order valence-electron chi connectivity index (χ0n) is 13.5. The maximum atomic E-state index is 6.07. The highest BCUT2D eigenvalue weighted by Gasteiger charge is 2.21. The van der Waals surface area contributed by atoms with Gasteiger partial charge in [-0.25, -0.2) is 0 Å². The zero-order chi connectivity index (χ0) is 15.2. The van der Waals surface area contributed by atoms with Gasteiger partial charge >= 0.3 is 0 Å². The second kappa shape index (κ2) is 7.78. The second-order valence-electron chi connectivity index (χ2n) is 6.29. The van der Waals surface area contributed by atoms with E-state index in [9.17, 15) is 0 Å². The molecule has 0 bridgehead atoms. The third-order valence-corrected chi connectivity index (χ3v) is 4.42. The molecule has 0 radical (unpaired) electrons. The fourth-order valence-electron chi connectivity index (χ4n) is 3.14. The van der Waals surface area contributed by atoms with E-state index in [0.29, 0.717) is 18.1 Å². The van der Waals surface area contributed by atoms with Gasteiger partial charge in [-0.2, -0.15) is 0 Å². The highest BCUT2D eigenvalue weighted by atomic mass is 16.5. The predicted molar refractivity (Wildman–Crippen MR) is 87.7 cm³/mol. The van der Waals surface area contributed by atoms with Crippen molar-refractivity contribution < 1.29 is 4.74 Å².